The SMILES string of the molecule is COc1ccccc1CNC(=O)[C@@H](C)OC(=O)c1cc([N+](=O)[O-])ccc1OC. The van der Waals surface area contributed by atoms with Crippen LogP contribution in [0.1, 0.15) is 22.8 Å². The molecule has 9 nitrogen and oxygen atoms in total. The van der Waals surface area contributed by atoms with Crippen molar-refractivity contribution in [2.24, 2.45) is 0 Å². The number of ether oxygens (including phenoxy) is 3. The molecule has 148 valence electrons. The first-order chi connectivity index (χ1) is 13.4. The monoisotopic (exact) mass is 388 g/mol. The molecule has 0 aliphatic heterocycles. The third-order valence-electron chi connectivity index (χ3n) is 3.91. The largest absolute Gasteiger partial charge is 0.496 e. The summed E-state index contributed by atoms with van der Waals surface area (Å²) in [6.07, 6.45) is -1.12. The lowest BCUT2D eigenvalue weighted by Gasteiger charge is -2.15. The summed E-state index contributed by atoms with van der Waals surface area (Å²) < 4.78 is 15.4. The van der Waals surface area contributed by atoms with Crippen LogP contribution in [0.5, 0.6) is 11.5 Å². The molecule has 0 aliphatic carbocycles. The molecular weight excluding hydrogens is 368 g/mol. The Morgan fingerprint density at radius 1 is 1.11 bits per heavy atom. The number of nitrogens with one attached hydrogen (secondary N) is 1. The number of rotatable bonds is 8. The number of carbonyl (C=O) groups is 2. The van der Waals surface area contributed by atoms with E-state index in [1.54, 1.807) is 18.2 Å². The van der Waals surface area contributed by atoms with Crippen molar-refractivity contribution in [3.63, 3.8) is 0 Å². The third-order valence-corrected chi connectivity index (χ3v) is 3.91. The van der Waals surface area contributed by atoms with Crippen molar-refractivity contribution in [2.45, 2.75) is 19.6 Å². The average Bonchev–Trinajstić information content (AvgIpc) is 2.71. The molecule has 2 aromatic rings. The maximum atomic E-state index is 12.4. The molecule has 2 aromatic carbocycles. The number of nitro benzene ring substituents is 1. The standard InChI is InChI=1S/C19H20N2O7/c1-12(18(22)20-11-13-6-4-5-7-16(13)26-2)28-19(23)15-10-14(21(24)25)8-9-17(15)27-3/h4-10,12H,11H2,1-3H3,(H,20,22)/t12-/m1/s1. The number of esters is 1. The van der Waals surface area contributed by atoms with Gasteiger partial charge in [-0.05, 0) is 19.1 Å². The molecule has 0 bridgehead atoms. The van der Waals surface area contributed by atoms with Crippen LogP contribution in [0.15, 0.2) is 42.5 Å². The Kier molecular flexibility index (Phi) is 6.91. The molecule has 0 aliphatic rings. The summed E-state index contributed by atoms with van der Waals surface area (Å²) in [6, 6.07) is 10.7. The molecule has 0 saturated carbocycles. The number of hydrogen-bond donors (Lipinski definition) is 1. The van der Waals surface area contributed by atoms with E-state index in [9.17, 15) is 19.7 Å². The molecule has 0 heterocycles. The number of non-ortho nitro benzene ring substituents is 1. The van der Waals surface area contributed by atoms with E-state index < -0.39 is 22.9 Å². The molecule has 1 amide bonds. The fraction of sp³-hybridized carbons (Fsp3) is 0.263. The summed E-state index contributed by atoms with van der Waals surface area (Å²) in [7, 11) is 2.85. The van der Waals surface area contributed by atoms with E-state index in [0.29, 0.717) is 5.75 Å². The number of para-hydroxylation sites is 1. The predicted molar refractivity (Wildman–Crippen MR) is 99.4 cm³/mol. The van der Waals surface area contributed by atoms with Crippen molar-refractivity contribution < 1.29 is 28.7 Å². The van der Waals surface area contributed by atoms with Crippen LogP contribution in [-0.4, -0.2) is 37.1 Å². The van der Waals surface area contributed by atoms with Crippen molar-refractivity contribution in [1.29, 1.82) is 0 Å². The molecule has 0 saturated heterocycles. The first kappa shape index (κ1) is 20.7. The van der Waals surface area contributed by atoms with Crippen molar-refractivity contribution in [1.82, 2.24) is 5.32 Å². The van der Waals surface area contributed by atoms with E-state index >= 15 is 0 Å². The second kappa shape index (κ2) is 9.36. The average molecular weight is 388 g/mol. The molecule has 0 unspecified atom stereocenters. The molecule has 0 fully saturated rings. The van der Waals surface area contributed by atoms with E-state index in [4.69, 9.17) is 14.2 Å². The summed E-state index contributed by atoms with van der Waals surface area (Å²) in [4.78, 5) is 34.9. The minimum absolute atomic E-state index is 0.109. The van der Waals surface area contributed by atoms with Gasteiger partial charge < -0.3 is 19.5 Å². The smallest absolute Gasteiger partial charge is 0.342 e. The van der Waals surface area contributed by atoms with Gasteiger partial charge in [0.2, 0.25) is 0 Å². The number of hydrogen-bond acceptors (Lipinski definition) is 7. The third kappa shape index (κ3) is 4.97. The van der Waals surface area contributed by atoms with Crippen molar-refractivity contribution in [3.8, 4) is 11.5 Å². The van der Waals surface area contributed by atoms with Crippen LogP contribution in [0.25, 0.3) is 0 Å². The highest BCUT2D eigenvalue weighted by Gasteiger charge is 2.23. The molecule has 0 radical (unpaired) electrons. The lowest BCUT2D eigenvalue weighted by Crippen LogP contribution is -2.35. The van der Waals surface area contributed by atoms with Crippen LogP contribution >= 0.6 is 0 Å². The van der Waals surface area contributed by atoms with Crippen molar-refractivity contribution in [3.05, 3.63) is 63.7 Å². The molecule has 0 aromatic heterocycles. The number of carbonyl (C=O) groups excluding carboxylic acids is 2. The normalized spacial score (nSPS) is 11.2. The van der Waals surface area contributed by atoms with Crippen LogP contribution in [0.3, 0.4) is 0 Å². The van der Waals surface area contributed by atoms with E-state index in [1.165, 1.54) is 33.3 Å². The van der Waals surface area contributed by atoms with Gasteiger partial charge in [0.05, 0.1) is 19.1 Å². The van der Waals surface area contributed by atoms with Gasteiger partial charge >= 0.3 is 5.97 Å². The quantitative estimate of drug-likeness (QED) is 0.419. The second-order valence-electron chi connectivity index (χ2n) is 5.72. The Labute approximate surface area is 161 Å². The second-order valence-corrected chi connectivity index (χ2v) is 5.72. The van der Waals surface area contributed by atoms with Gasteiger partial charge in [0, 0.05) is 24.2 Å². The number of benzene rings is 2. The van der Waals surface area contributed by atoms with Crippen LogP contribution < -0.4 is 14.8 Å². The zero-order valence-corrected chi connectivity index (χ0v) is 15.6. The number of amides is 1. The lowest BCUT2D eigenvalue weighted by atomic mass is 10.1. The topological polar surface area (TPSA) is 117 Å². The summed E-state index contributed by atoms with van der Waals surface area (Å²) >= 11 is 0. The first-order valence-corrected chi connectivity index (χ1v) is 8.30. The predicted octanol–water partition coefficient (Wildman–Crippen LogP) is 2.47. The van der Waals surface area contributed by atoms with Gasteiger partial charge in [-0.3, -0.25) is 14.9 Å². The Morgan fingerprint density at radius 3 is 2.43 bits per heavy atom. The molecule has 1 N–H and O–H groups in total. The number of nitrogens with zero attached hydrogens (tertiary/aromatic N) is 1. The van der Waals surface area contributed by atoms with Gasteiger partial charge in [0.1, 0.15) is 17.1 Å². The van der Waals surface area contributed by atoms with Crippen LogP contribution in [0.4, 0.5) is 5.69 Å². The fourth-order valence-corrected chi connectivity index (χ4v) is 2.42. The van der Waals surface area contributed by atoms with Crippen molar-refractivity contribution in [2.75, 3.05) is 14.2 Å². The minimum Gasteiger partial charge on any atom is -0.496 e. The number of methoxy groups -OCH3 is 2. The number of nitro groups is 1. The molecule has 0 spiro atoms. The Bertz CT molecular complexity index is 882. The maximum Gasteiger partial charge on any atom is 0.342 e. The molecule has 28 heavy (non-hydrogen) atoms. The minimum atomic E-state index is -1.12. The van der Waals surface area contributed by atoms with E-state index in [0.717, 1.165) is 11.6 Å². The van der Waals surface area contributed by atoms with Gasteiger partial charge in [0.15, 0.2) is 6.10 Å². The van der Waals surface area contributed by atoms with Crippen molar-refractivity contribution >= 4 is 17.6 Å². The molecule has 2 rings (SSSR count). The summed E-state index contributed by atoms with van der Waals surface area (Å²) in [5.41, 5.74) is 0.333. The van der Waals surface area contributed by atoms with Gasteiger partial charge in [0.25, 0.3) is 11.6 Å². The Balaban J connectivity index is 2.04. The first-order valence-electron chi connectivity index (χ1n) is 8.30. The zero-order valence-electron chi connectivity index (χ0n) is 15.6. The van der Waals surface area contributed by atoms with Crippen LogP contribution in [0.2, 0.25) is 0 Å². The van der Waals surface area contributed by atoms with Gasteiger partial charge in [-0.2, -0.15) is 0 Å². The molecule has 9 heteroatoms. The Hall–Kier alpha value is -3.62. The van der Waals surface area contributed by atoms with E-state index in [1.807, 2.05) is 6.07 Å². The van der Waals surface area contributed by atoms with Gasteiger partial charge in [-0.1, -0.05) is 18.2 Å². The summed E-state index contributed by atoms with van der Waals surface area (Å²) in [6.45, 7) is 1.59. The van der Waals surface area contributed by atoms with Gasteiger partial charge in [-0.15, -0.1) is 0 Å². The highest BCUT2D eigenvalue weighted by atomic mass is 16.6. The molecular formula is C19H20N2O7. The fourth-order valence-electron chi connectivity index (χ4n) is 2.42. The van der Waals surface area contributed by atoms with E-state index in [2.05, 4.69) is 5.32 Å². The van der Waals surface area contributed by atoms with Gasteiger partial charge in [-0.25, -0.2) is 4.79 Å². The summed E-state index contributed by atoms with van der Waals surface area (Å²) in [5.74, 6) is -0.699. The summed E-state index contributed by atoms with van der Waals surface area (Å²) in [5, 5.41) is 13.6. The van der Waals surface area contributed by atoms with E-state index in [-0.39, 0.29) is 23.5 Å². The van der Waals surface area contributed by atoms with Crippen LogP contribution in [0, 0.1) is 10.1 Å². The Morgan fingerprint density at radius 2 is 1.79 bits per heavy atom. The molecule has 1 atom stereocenters. The highest BCUT2D eigenvalue weighted by Crippen LogP contribution is 2.25. The zero-order chi connectivity index (χ0) is 20.7. The van der Waals surface area contributed by atoms with Crippen LogP contribution in [-0.2, 0) is 16.1 Å². The maximum absolute atomic E-state index is 12.4. The highest BCUT2D eigenvalue weighted by molar-refractivity contribution is 5.95. The lowest BCUT2D eigenvalue weighted by molar-refractivity contribution is -0.384.